The second-order valence-corrected chi connectivity index (χ2v) is 4.85. The first-order valence-electron chi connectivity index (χ1n) is 7.05. The van der Waals surface area contributed by atoms with Crippen molar-refractivity contribution in [1.82, 2.24) is 10.6 Å². The maximum Gasteiger partial charge on any atom is 0.329 e. The average molecular weight is 288 g/mol. The molecule has 0 aromatic heterocycles. The first-order chi connectivity index (χ1) is 9.60. The van der Waals surface area contributed by atoms with Gasteiger partial charge in [0.1, 0.15) is 5.54 Å². The van der Waals surface area contributed by atoms with Crippen LogP contribution in [0.5, 0.6) is 0 Å². The van der Waals surface area contributed by atoms with Gasteiger partial charge in [0.05, 0.1) is 6.61 Å². The van der Waals surface area contributed by atoms with E-state index < -0.39 is 17.5 Å². The molecule has 0 aliphatic carbocycles. The Bertz CT molecular complexity index is 316. The fraction of sp³-hybridized carbons (Fsp3) is 0.846. The van der Waals surface area contributed by atoms with E-state index in [1.54, 1.807) is 0 Å². The Morgan fingerprint density at radius 1 is 1.30 bits per heavy atom. The van der Waals surface area contributed by atoms with Gasteiger partial charge in [0.2, 0.25) is 0 Å². The molecule has 0 aromatic carbocycles. The Balaban J connectivity index is 2.27. The SMILES string of the molecule is CCCCOCCNC(=O)NC1(C(=O)O)CCOCC1. The third-order valence-electron chi connectivity index (χ3n) is 3.28. The van der Waals surface area contributed by atoms with E-state index in [9.17, 15) is 14.7 Å². The van der Waals surface area contributed by atoms with Crippen LogP contribution in [0.4, 0.5) is 4.79 Å². The van der Waals surface area contributed by atoms with Crippen molar-refractivity contribution in [3.63, 3.8) is 0 Å². The van der Waals surface area contributed by atoms with Crippen molar-refractivity contribution in [2.24, 2.45) is 0 Å². The van der Waals surface area contributed by atoms with Crippen LogP contribution in [-0.2, 0) is 14.3 Å². The van der Waals surface area contributed by atoms with E-state index in [1.807, 2.05) is 0 Å². The highest BCUT2D eigenvalue weighted by Gasteiger charge is 2.41. The Morgan fingerprint density at radius 3 is 2.60 bits per heavy atom. The molecule has 1 heterocycles. The summed E-state index contributed by atoms with van der Waals surface area (Å²) in [6, 6.07) is -0.478. The number of hydrogen-bond donors (Lipinski definition) is 3. The van der Waals surface area contributed by atoms with Crippen LogP contribution in [0.15, 0.2) is 0 Å². The molecule has 1 aliphatic rings. The summed E-state index contributed by atoms with van der Waals surface area (Å²) in [5.41, 5.74) is -1.22. The number of nitrogens with one attached hydrogen (secondary N) is 2. The number of aliphatic carboxylic acids is 1. The zero-order valence-corrected chi connectivity index (χ0v) is 11.9. The number of hydrogen-bond acceptors (Lipinski definition) is 4. The van der Waals surface area contributed by atoms with E-state index in [2.05, 4.69) is 17.6 Å². The Morgan fingerprint density at radius 2 is 2.00 bits per heavy atom. The van der Waals surface area contributed by atoms with Gasteiger partial charge in [-0.1, -0.05) is 13.3 Å². The molecule has 7 nitrogen and oxygen atoms in total. The maximum atomic E-state index is 11.7. The zero-order chi connectivity index (χ0) is 14.8. The van der Waals surface area contributed by atoms with Gasteiger partial charge < -0.3 is 25.2 Å². The van der Waals surface area contributed by atoms with Gasteiger partial charge in [-0.15, -0.1) is 0 Å². The number of carboxylic acids is 1. The Hall–Kier alpha value is -1.34. The van der Waals surface area contributed by atoms with Gasteiger partial charge in [-0.25, -0.2) is 9.59 Å². The van der Waals surface area contributed by atoms with Crippen LogP contribution in [0.3, 0.4) is 0 Å². The molecule has 1 saturated heterocycles. The largest absolute Gasteiger partial charge is 0.480 e. The second kappa shape index (κ2) is 8.76. The van der Waals surface area contributed by atoms with Crippen molar-refractivity contribution in [3.8, 4) is 0 Å². The molecule has 0 saturated carbocycles. The molecular formula is C13H24N2O5. The number of unbranched alkanes of at least 4 members (excludes halogenated alkanes) is 1. The summed E-state index contributed by atoms with van der Waals surface area (Å²) in [5.74, 6) is -1.02. The standard InChI is InChI=1S/C13H24N2O5/c1-2-3-7-19-10-6-14-12(18)15-13(11(16)17)4-8-20-9-5-13/h2-10H2,1H3,(H,16,17)(H2,14,15,18). The fourth-order valence-corrected chi connectivity index (χ4v) is 1.96. The molecule has 1 aliphatic heterocycles. The molecule has 20 heavy (non-hydrogen) atoms. The van der Waals surface area contributed by atoms with E-state index in [1.165, 1.54) is 0 Å². The van der Waals surface area contributed by atoms with Gasteiger partial charge in [0.25, 0.3) is 0 Å². The minimum atomic E-state index is -1.22. The summed E-state index contributed by atoms with van der Waals surface area (Å²) in [4.78, 5) is 23.1. The van der Waals surface area contributed by atoms with Crippen molar-refractivity contribution >= 4 is 12.0 Å². The molecule has 0 unspecified atom stereocenters. The number of urea groups is 1. The molecule has 3 N–H and O–H groups in total. The number of ether oxygens (including phenoxy) is 2. The van der Waals surface area contributed by atoms with E-state index >= 15 is 0 Å². The van der Waals surface area contributed by atoms with Crippen molar-refractivity contribution in [3.05, 3.63) is 0 Å². The van der Waals surface area contributed by atoms with E-state index in [0.29, 0.717) is 33.0 Å². The van der Waals surface area contributed by atoms with Crippen LogP contribution < -0.4 is 10.6 Å². The van der Waals surface area contributed by atoms with Gasteiger partial charge >= 0.3 is 12.0 Å². The summed E-state index contributed by atoms with van der Waals surface area (Å²) in [7, 11) is 0. The van der Waals surface area contributed by atoms with Crippen molar-refractivity contribution in [2.45, 2.75) is 38.1 Å². The van der Waals surface area contributed by atoms with Crippen molar-refractivity contribution in [2.75, 3.05) is 33.0 Å². The third-order valence-corrected chi connectivity index (χ3v) is 3.28. The molecule has 0 atom stereocenters. The molecule has 0 spiro atoms. The summed E-state index contributed by atoms with van der Waals surface area (Å²) in [5, 5.41) is 14.4. The highest BCUT2D eigenvalue weighted by molar-refractivity contribution is 5.86. The molecule has 116 valence electrons. The zero-order valence-electron chi connectivity index (χ0n) is 11.9. The summed E-state index contributed by atoms with van der Waals surface area (Å²) < 4.78 is 10.4. The number of rotatable bonds is 8. The predicted octanol–water partition coefficient (Wildman–Crippen LogP) is 0.736. The van der Waals surface area contributed by atoms with Crippen LogP contribution in [0.2, 0.25) is 0 Å². The van der Waals surface area contributed by atoms with Gasteiger partial charge in [-0.2, -0.15) is 0 Å². The Kier molecular flexibility index (Phi) is 7.32. The molecule has 0 bridgehead atoms. The second-order valence-electron chi connectivity index (χ2n) is 4.85. The van der Waals surface area contributed by atoms with Crippen molar-refractivity contribution in [1.29, 1.82) is 0 Å². The van der Waals surface area contributed by atoms with Gasteiger partial charge in [0, 0.05) is 39.2 Å². The summed E-state index contributed by atoms with van der Waals surface area (Å²) in [6.07, 6.45) is 2.62. The quantitative estimate of drug-likeness (QED) is 0.572. The minimum Gasteiger partial charge on any atom is -0.480 e. The molecule has 0 radical (unpaired) electrons. The lowest BCUT2D eigenvalue weighted by molar-refractivity contribution is -0.148. The van der Waals surface area contributed by atoms with Crippen LogP contribution in [-0.4, -0.2) is 55.6 Å². The van der Waals surface area contributed by atoms with Crippen molar-refractivity contribution < 1.29 is 24.2 Å². The molecule has 0 aromatic rings. The van der Waals surface area contributed by atoms with E-state index in [4.69, 9.17) is 9.47 Å². The molecule has 2 amide bonds. The maximum absolute atomic E-state index is 11.7. The van der Waals surface area contributed by atoms with Crippen LogP contribution >= 0.6 is 0 Å². The Labute approximate surface area is 119 Å². The molecule has 7 heteroatoms. The minimum absolute atomic E-state index is 0.281. The van der Waals surface area contributed by atoms with Gasteiger partial charge in [-0.3, -0.25) is 0 Å². The topological polar surface area (TPSA) is 96.9 Å². The average Bonchev–Trinajstić information content (AvgIpc) is 2.43. The van der Waals surface area contributed by atoms with Gasteiger partial charge in [0.15, 0.2) is 0 Å². The third kappa shape index (κ3) is 5.34. The number of carboxylic acid groups (broad SMARTS) is 1. The van der Waals surface area contributed by atoms with Crippen LogP contribution in [0.1, 0.15) is 32.6 Å². The highest BCUT2D eigenvalue weighted by atomic mass is 16.5. The molecular weight excluding hydrogens is 264 g/mol. The number of carbonyl (C=O) groups excluding carboxylic acids is 1. The summed E-state index contributed by atoms with van der Waals surface area (Å²) >= 11 is 0. The number of amides is 2. The van der Waals surface area contributed by atoms with Gasteiger partial charge in [-0.05, 0) is 6.42 Å². The lowest BCUT2D eigenvalue weighted by Gasteiger charge is -2.33. The number of carbonyl (C=O) groups is 2. The fourth-order valence-electron chi connectivity index (χ4n) is 1.96. The highest BCUT2D eigenvalue weighted by Crippen LogP contribution is 2.20. The summed E-state index contributed by atoms with van der Waals surface area (Å²) in [6.45, 7) is 4.22. The first kappa shape index (κ1) is 16.7. The van der Waals surface area contributed by atoms with Crippen LogP contribution in [0, 0.1) is 0 Å². The van der Waals surface area contributed by atoms with E-state index in [0.717, 1.165) is 12.8 Å². The monoisotopic (exact) mass is 288 g/mol. The lowest BCUT2D eigenvalue weighted by Crippen LogP contribution is -2.59. The van der Waals surface area contributed by atoms with E-state index in [-0.39, 0.29) is 12.8 Å². The first-order valence-corrected chi connectivity index (χ1v) is 7.05. The molecule has 1 fully saturated rings. The lowest BCUT2D eigenvalue weighted by atomic mass is 9.90. The normalized spacial score (nSPS) is 17.4. The molecule has 1 rings (SSSR count). The van der Waals surface area contributed by atoms with Crippen LogP contribution in [0.25, 0.3) is 0 Å². The smallest absolute Gasteiger partial charge is 0.329 e. The predicted molar refractivity (Wildman–Crippen MR) is 72.7 cm³/mol.